The van der Waals surface area contributed by atoms with Crippen molar-refractivity contribution in [1.82, 2.24) is 5.32 Å². The van der Waals surface area contributed by atoms with Gasteiger partial charge in [-0.1, -0.05) is 0 Å². The molecule has 0 aliphatic carbocycles. The Balaban J connectivity index is 2.39. The molecule has 0 bridgehead atoms. The zero-order valence-electron chi connectivity index (χ0n) is 9.97. The third-order valence-corrected chi connectivity index (χ3v) is 3.61. The number of unbranched alkanes of at least 4 members (excludes halogenated alkanes) is 1. The number of hydrogen-bond acceptors (Lipinski definition) is 3. The molecule has 15 heavy (non-hydrogen) atoms. The van der Waals surface area contributed by atoms with Crippen LogP contribution in [-0.2, 0) is 0 Å². The molecular formula is C12H22N2S. The van der Waals surface area contributed by atoms with Crippen LogP contribution in [0, 0.1) is 13.8 Å². The first kappa shape index (κ1) is 12.7. The Bertz CT molecular complexity index is 294. The highest BCUT2D eigenvalue weighted by Gasteiger charge is 2.09. The molecule has 0 saturated heterocycles. The molecule has 0 fully saturated rings. The second-order valence-corrected chi connectivity index (χ2v) is 5.50. The van der Waals surface area contributed by atoms with Crippen LogP contribution in [0.5, 0.6) is 0 Å². The second-order valence-electron chi connectivity index (χ2n) is 4.04. The SMILES string of the molecule is Cc1cc(C(C)NCCCCN)c(C)s1. The standard InChI is InChI=1S/C12H22N2S/c1-9-8-12(11(3)15-9)10(2)14-7-5-4-6-13/h8,10,14H,4-7,13H2,1-3H3. The van der Waals surface area contributed by atoms with Crippen LogP contribution in [0.15, 0.2) is 6.07 Å². The summed E-state index contributed by atoms with van der Waals surface area (Å²) >= 11 is 1.88. The highest BCUT2D eigenvalue weighted by Crippen LogP contribution is 2.25. The number of hydrogen-bond donors (Lipinski definition) is 2. The van der Waals surface area contributed by atoms with Gasteiger partial charge in [-0.2, -0.15) is 0 Å². The molecule has 2 nitrogen and oxygen atoms in total. The lowest BCUT2D eigenvalue weighted by Crippen LogP contribution is -2.20. The van der Waals surface area contributed by atoms with E-state index in [1.165, 1.54) is 21.7 Å². The smallest absolute Gasteiger partial charge is 0.0302 e. The van der Waals surface area contributed by atoms with E-state index in [0.717, 1.165) is 19.5 Å². The number of rotatable bonds is 6. The highest BCUT2D eigenvalue weighted by atomic mass is 32.1. The Labute approximate surface area is 96.9 Å². The predicted octanol–water partition coefficient (Wildman–Crippen LogP) is 2.75. The van der Waals surface area contributed by atoms with Gasteiger partial charge in [0.25, 0.3) is 0 Å². The van der Waals surface area contributed by atoms with Gasteiger partial charge >= 0.3 is 0 Å². The van der Waals surface area contributed by atoms with Gasteiger partial charge in [0.15, 0.2) is 0 Å². The largest absolute Gasteiger partial charge is 0.330 e. The number of aryl methyl sites for hydroxylation is 2. The lowest BCUT2D eigenvalue weighted by molar-refractivity contribution is 0.548. The minimum atomic E-state index is 0.465. The van der Waals surface area contributed by atoms with Crippen molar-refractivity contribution >= 4 is 11.3 Å². The van der Waals surface area contributed by atoms with Crippen LogP contribution < -0.4 is 11.1 Å². The van der Waals surface area contributed by atoms with Crippen molar-refractivity contribution in [3.8, 4) is 0 Å². The summed E-state index contributed by atoms with van der Waals surface area (Å²) < 4.78 is 0. The Kier molecular flexibility index (Phi) is 5.29. The Morgan fingerprint density at radius 2 is 2.13 bits per heavy atom. The van der Waals surface area contributed by atoms with Crippen molar-refractivity contribution in [2.45, 2.75) is 39.7 Å². The van der Waals surface area contributed by atoms with Crippen LogP contribution in [0.3, 0.4) is 0 Å². The van der Waals surface area contributed by atoms with Crippen molar-refractivity contribution in [1.29, 1.82) is 0 Å². The molecule has 0 spiro atoms. The first-order valence-electron chi connectivity index (χ1n) is 5.65. The van der Waals surface area contributed by atoms with Gasteiger partial charge in [-0.05, 0) is 58.3 Å². The van der Waals surface area contributed by atoms with Gasteiger partial charge in [-0.25, -0.2) is 0 Å². The fourth-order valence-corrected chi connectivity index (χ4v) is 2.80. The summed E-state index contributed by atoms with van der Waals surface area (Å²) in [6.45, 7) is 8.46. The molecule has 3 heteroatoms. The fourth-order valence-electron chi connectivity index (χ4n) is 1.78. The molecular weight excluding hydrogens is 204 g/mol. The fraction of sp³-hybridized carbons (Fsp3) is 0.667. The molecule has 0 aliphatic heterocycles. The summed E-state index contributed by atoms with van der Waals surface area (Å²) in [4.78, 5) is 2.84. The summed E-state index contributed by atoms with van der Waals surface area (Å²) in [5.41, 5.74) is 6.91. The Hall–Kier alpha value is -0.380. The molecule has 1 rings (SSSR count). The average Bonchev–Trinajstić information content (AvgIpc) is 2.52. The Morgan fingerprint density at radius 1 is 1.40 bits per heavy atom. The predicted molar refractivity (Wildman–Crippen MR) is 68.5 cm³/mol. The van der Waals surface area contributed by atoms with Crippen molar-refractivity contribution in [2.75, 3.05) is 13.1 Å². The van der Waals surface area contributed by atoms with E-state index in [4.69, 9.17) is 5.73 Å². The molecule has 1 atom stereocenters. The molecule has 0 amide bonds. The molecule has 0 radical (unpaired) electrons. The number of nitrogens with one attached hydrogen (secondary N) is 1. The zero-order valence-corrected chi connectivity index (χ0v) is 10.8. The van der Waals surface area contributed by atoms with Gasteiger partial charge in [0, 0.05) is 15.8 Å². The van der Waals surface area contributed by atoms with Gasteiger partial charge in [-0.15, -0.1) is 11.3 Å². The third-order valence-electron chi connectivity index (χ3n) is 2.63. The molecule has 0 saturated carbocycles. The third kappa shape index (κ3) is 3.93. The van der Waals surface area contributed by atoms with E-state index in [2.05, 4.69) is 32.2 Å². The van der Waals surface area contributed by atoms with E-state index < -0.39 is 0 Å². The average molecular weight is 226 g/mol. The monoisotopic (exact) mass is 226 g/mol. The van der Waals surface area contributed by atoms with Crippen molar-refractivity contribution in [3.05, 3.63) is 21.4 Å². The van der Waals surface area contributed by atoms with Crippen LogP contribution in [0.1, 0.15) is 41.1 Å². The second kappa shape index (κ2) is 6.26. The van der Waals surface area contributed by atoms with Crippen molar-refractivity contribution in [2.24, 2.45) is 5.73 Å². The molecule has 0 aliphatic rings. The van der Waals surface area contributed by atoms with Gasteiger partial charge in [-0.3, -0.25) is 0 Å². The topological polar surface area (TPSA) is 38.0 Å². The van der Waals surface area contributed by atoms with Gasteiger partial charge in [0.1, 0.15) is 0 Å². The van der Waals surface area contributed by atoms with Gasteiger partial charge in [0.2, 0.25) is 0 Å². The summed E-state index contributed by atoms with van der Waals surface area (Å²) in [6.07, 6.45) is 2.28. The Morgan fingerprint density at radius 3 is 2.67 bits per heavy atom. The first-order chi connectivity index (χ1) is 7.15. The van der Waals surface area contributed by atoms with Crippen molar-refractivity contribution in [3.63, 3.8) is 0 Å². The summed E-state index contributed by atoms with van der Waals surface area (Å²) in [6, 6.07) is 2.76. The van der Waals surface area contributed by atoms with E-state index >= 15 is 0 Å². The molecule has 1 aromatic rings. The summed E-state index contributed by atoms with van der Waals surface area (Å²) in [5.74, 6) is 0. The normalized spacial score (nSPS) is 13.1. The molecule has 1 aromatic heterocycles. The molecule has 0 aromatic carbocycles. The van der Waals surface area contributed by atoms with E-state index in [1.54, 1.807) is 0 Å². The lowest BCUT2D eigenvalue weighted by Gasteiger charge is -2.13. The highest BCUT2D eigenvalue weighted by molar-refractivity contribution is 7.12. The van der Waals surface area contributed by atoms with E-state index in [0.29, 0.717) is 6.04 Å². The number of thiophene rings is 1. The quantitative estimate of drug-likeness (QED) is 0.732. The molecule has 86 valence electrons. The van der Waals surface area contributed by atoms with Crippen LogP contribution >= 0.6 is 11.3 Å². The molecule has 1 heterocycles. The van der Waals surface area contributed by atoms with E-state index in [1.807, 2.05) is 11.3 Å². The van der Waals surface area contributed by atoms with Crippen LogP contribution in [-0.4, -0.2) is 13.1 Å². The van der Waals surface area contributed by atoms with Gasteiger partial charge < -0.3 is 11.1 Å². The van der Waals surface area contributed by atoms with Gasteiger partial charge in [0.05, 0.1) is 0 Å². The number of nitrogens with two attached hydrogens (primary N) is 1. The van der Waals surface area contributed by atoms with Crippen LogP contribution in [0.25, 0.3) is 0 Å². The van der Waals surface area contributed by atoms with Crippen molar-refractivity contribution < 1.29 is 0 Å². The summed E-state index contributed by atoms with van der Waals surface area (Å²) in [7, 11) is 0. The van der Waals surface area contributed by atoms with E-state index in [9.17, 15) is 0 Å². The maximum absolute atomic E-state index is 5.46. The zero-order chi connectivity index (χ0) is 11.3. The van der Waals surface area contributed by atoms with Crippen LogP contribution in [0.4, 0.5) is 0 Å². The lowest BCUT2D eigenvalue weighted by atomic mass is 10.1. The molecule has 3 N–H and O–H groups in total. The molecule has 1 unspecified atom stereocenters. The summed E-state index contributed by atoms with van der Waals surface area (Å²) in [5, 5.41) is 3.54. The van der Waals surface area contributed by atoms with E-state index in [-0.39, 0.29) is 0 Å². The minimum absolute atomic E-state index is 0.465. The minimum Gasteiger partial charge on any atom is -0.330 e. The first-order valence-corrected chi connectivity index (χ1v) is 6.47. The van der Waals surface area contributed by atoms with Crippen LogP contribution in [0.2, 0.25) is 0 Å². The maximum Gasteiger partial charge on any atom is 0.0302 e. The maximum atomic E-state index is 5.46.